The number of benzene rings is 2. The summed E-state index contributed by atoms with van der Waals surface area (Å²) in [6, 6.07) is 5.49. The van der Waals surface area contributed by atoms with Crippen LogP contribution in [0.15, 0.2) is 24.3 Å². The van der Waals surface area contributed by atoms with E-state index in [2.05, 4.69) is 24.5 Å². The molecule has 0 aliphatic heterocycles. The van der Waals surface area contributed by atoms with Crippen molar-refractivity contribution in [3.05, 3.63) is 35.4 Å². The Labute approximate surface area is 646 Å². The topological polar surface area (TPSA) is 476 Å². The standard InChI is InChI=1S/C36H65NO18S2.C34H59NO14S3/c1-3-5-10-55-35-33(53-11-6-28-56(39,40)41)30-32(31-34(35)54-12-7-29-57(42,43)44)36(38)37-8-13-46-15-17-48-19-21-50-23-25-52-27-26-51-24-22-49-20-18-47-16-14-45-9-4-2;1-2-3-18-30(36)19-13-11-9-7-5-4-6-8-10-12-14-20-35-34(37)29-27-31(47-21-15-24-50(38,39)40)33(49-23-17-26-52(44,45)46)32(28-29)48-22-16-25-51(41,42)43/h30-31H,3-29H2,1-2H3,(H,37,38)(H,39,40,41)(H,42,43,44);27-28H,2-26H2,1H3,(H,35,37)(H,38,39,40)(H,41,42,43)(H,44,45,46). The van der Waals surface area contributed by atoms with Gasteiger partial charge in [-0.25, -0.2) is 0 Å². The molecule has 39 heteroatoms. The molecule has 0 atom stereocenters. The highest BCUT2D eigenvalue weighted by Gasteiger charge is 2.23. The molecule has 2 aromatic carbocycles. The molecule has 0 saturated heterocycles. The van der Waals surface area contributed by atoms with Gasteiger partial charge in [-0.05, 0) is 88.5 Å². The Kier molecular flexibility index (Phi) is 59.5. The number of Topliss-reactive ketones (excluding diaryl/α,β-unsaturated/α-hetero) is 1. The van der Waals surface area contributed by atoms with Crippen LogP contribution < -0.4 is 39.1 Å². The van der Waals surface area contributed by atoms with Gasteiger partial charge < -0.3 is 76.9 Å². The maximum Gasteiger partial charge on any atom is 0.264 e. The van der Waals surface area contributed by atoms with E-state index in [0.29, 0.717) is 124 Å². The lowest BCUT2D eigenvalue weighted by Crippen LogP contribution is -2.28. The van der Waals surface area contributed by atoms with Crippen molar-refractivity contribution in [1.29, 1.82) is 0 Å². The summed E-state index contributed by atoms with van der Waals surface area (Å²) >= 11 is 0. The van der Waals surface area contributed by atoms with Crippen LogP contribution in [0, 0.1) is 0 Å². The third kappa shape index (κ3) is 63.2. The van der Waals surface area contributed by atoms with E-state index in [1.165, 1.54) is 43.5 Å². The predicted molar refractivity (Wildman–Crippen MR) is 407 cm³/mol. The molecule has 0 aromatic heterocycles. The van der Waals surface area contributed by atoms with E-state index in [0.717, 1.165) is 83.7 Å². The molecule has 34 nitrogen and oxygen atoms in total. The summed E-state index contributed by atoms with van der Waals surface area (Å²) in [5.74, 6) is -3.33. The molecule has 636 valence electrons. The summed E-state index contributed by atoms with van der Waals surface area (Å²) in [6.07, 6.45) is 17.3. The number of rotatable bonds is 74. The molecule has 0 spiro atoms. The van der Waals surface area contributed by atoms with Gasteiger partial charge in [-0.15, -0.1) is 0 Å². The van der Waals surface area contributed by atoms with E-state index in [1.807, 2.05) is 6.92 Å². The fourth-order valence-electron chi connectivity index (χ4n) is 9.52. The molecule has 2 rings (SSSR count). The Balaban J connectivity index is 0.00000109. The van der Waals surface area contributed by atoms with E-state index in [1.54, 1.807) is 0 Å². The minimum Gasteiger partial charge on any atom is -0.489 e. The van der Waals surface area contributed by atoms with Crippen LogP contribution in [0.5, 0.6) is 34.5 Å². The Morgan fingerprint density at radius 2 is 0.523 bits per heavy atom. The van der Waals surface area contributed by atoms with Gasteiger partial charge in [-0.2, -0.15) is 42.1 Å². The minimum absolute atomic E-state index is 0.0420. The van der Waals surface area contributed by atoms with Crippen LogP contribution in [-0.2, 0) is 93.3 Å². The summed E-state index contributed by atoms with van der Waals surface area (Å²) in [5.41, 5.74) is 0.209. The molecule has 109 heavy (non-hydrogen) atoms. The number of hydrogen-bond acceptors (Lipinski definition) is 27. The van der Waals surface area contributed by atoms with Crippen molar-refractivity contribution in [3.63, 3.8) is 0 Å². The van der Waals surface area contributed by atoms with E-state index in [9.17, 15) is 56.5 Å². The molecular weight excluding hydrogens is 1540 g/mol. The maximum atomic E-state index is 13.1. The smallest absolute Gasteiger partial charge is 0.264 e. The molecule has 2 aromatic rings. The third-order valence-corrected chi connectivity index (χ3v) is 19.1. The number of hydrogen-bond donors (Lipinski definition) is 7. The lowest BCUT2D eigenvalue weighted by atomic mass is 10.0. The molecule has 0 fully saturated rings. The van der Waals surface area contributed by atoms with Gasteiger partial charge >= 0.3 is 0 Å². The summed E-state index contributed by atoms with van der Waals surface area (Å²) in [4.78, 5) is 37.9. The molecule has 0 bridgehead atoms. The van der Waals surface area contributed by atoms with Gasteiger partial charge in [0, 0.05) is 43.7 Å². The second-order valence-electron chi connectivity index (χ2n) is 24.9. The highest BCUT2D eigenvalue weighted by Crippen LogP contribution is 2.41. The van der Waals surface area contributed by atoms with Crippen LogP contribution in [0.4, 0.5) is 0 Å². The fraction of sp³-hybridized carbons (Fsp3) is 0.786. The number of nitrogens with one attached hydrogen (secondary N) is 2. The van der Waals surface area contributed by atoms with Crippen molar-refractivity contribution in [2.75, 3.05) is 187 Å². The highest BCUT2D eigenvalue weighted by molar-refractivity contribution is 7.86. The first-order valence-electron chi connectivity index (χ1n) is 37.6. The van der Waals surface area contributed by atoms with Crippen LogP contribution in [0.2, 0.25) is 0 Å². The number of unbranched alkanes of at least 4 members (excludes halogenated alkanes) is 12. The van der Waals surface area contributed by atoms with Crippen LogP contribution in [-0.4, -0.2) is 270 Å². The molecule has 0 saturated carbocycles. The molecule has 0 heterocycles. The van der Waals surface area contributed by atoms with E-state index in [4.69, 9.17) is 89.1 Å². The quantitative estimate of drug-likeness (QED) is 0.0242. The number of carbonyl (C=O) groups is 3. The van der Waals surface area contributed by atoms with Crippen LogP contribution >= 0.6 is 0 Å². The summed E-state index contributed by atoms with van der Waals surface area (Å²) < 4.78 is 235. The number of amides is 2. The number of ether oxygens (including phenoxy) is 14. The lowest BCUT2D eigenvalue weighted by molar-refractivity contribution is -0.119. The highest BCUT2D eigenvalue weighted by atomic mass is 32.2. The van der Waals surface area contributed by atoms with E-state index >= 15 is 0 Å². The van der Waals surface area contributed by atoms with Gasteiger partial charge in [0.25, 0.3) is 62.4 Å². The lowest BCUT2D eigenvalue weighted by Gasteiger charge is -2.19. The van der Waals surface area contributed by atoms with Crippen LogP contribution in [0.1, 0.15) is 189 Å². The average molecular weight is 1670 g/mol. The van der Waals surface area contributed by atoms with Crippen molar-refractivity contribution in [2.24, 2.45) is 0 Å². The van der Waals surface area contributed by atoms with Gasteiger partial charge in [0.2, 0.25) is 11.5 Å². The number of ketones is 1. The molecule has 0 aliphatic carbocycles. The van der Waals surface area contributed by atoms with Gasteiger partial charge in [-0.1, -0.05) is 91.4 Å². The third-order valence-electron chi connectivity index (χ3n) is 15.0. The second kappa shape index (κ2) is 63.5. The summed E-state index contributed by atoms with van der Waals surface area (Å²) in [5, 5.41) is 5.57. The molecule has 2 amide bonds. The zero-order valence-corrected chi connectivity index (χ0v) is 68.0. The second-order valence-corrected chi connectivity index (χ2v) is 32.8. The molecule has 0 unspecified atom stereocenters. The normalized spacial score (nSPS) is 12.0. The van der Waals surface area contributed by atoms with E-state index in [-0.39, 0.29) is 131 Å². The fourth-order valence-corrected chi connectivity index (χ4v) is 11.9. The first-order valence-corrected chi connectivity index (χ1v) is 45.6. The van der Waals surface area contributed by atoms with Gasteiger partial charge in [0.15, 0.2) is 23.0 Å². The van der Waals surface area contributed by atoms with Crippen LogP contribution in [0.25, 0.3) is 0 Å². The predicted octanol–water partition coefficient (Wildman–Crippen LogP) is 8.28. The largest absolute Gasteiger partial charge is 0.489 e. The summed E-state index contributed by atoms with van der Waals surface area (Å²) in [6.45, 7) is 13.3. The average Bonchev–Trinajstić information content (AvgIpc) is 0.821. The Morgan fingerprint density at radius 1 is 0.275 bits per heavy atom. The zero-order chi connectivity index (χ0) is 80.8. The SMILES string of the molecule is CCCCC(=O)CCCCCCCCCCCCCNC(=O)c1cc(OCCCS(=O)(=O)O)c(OCCCS(=O)(=O)O)c(OCCCS(=O)(=O)O)c1.CCCCOc1c(OCCCS(=O)(=O)O)cc(C(=O)NCCOCCOCCOCCOCCOCCOCCOCCOCCC)cc1OCCCS(=O)(=O)O. The van der Waals surface area contributed by atoms with Crippen molar-refractivity contribution < 1.29 is 146 Å². The van der Waals surface area contributed by atoms with Crippen molar-refractivity contribution >= 4 is 68.2 Å². The molecule has 0 aliphatic rings. The minimum atomic E-state index is -4.27. The Hall–Kier alpha value is -4.92. The Morgan fingerprint density at radius 3 is 0.817 bits per heavy atom. The molecular formula is C70H124N2O32S5. The van der Waals surface area contributed by atoms with Gasteiger partial charge in [0.1, 0.15) is 5.78 Å². The monoisotopic (exact) mass is 1660 g/mol. The zero-order valence-electron chi connectivity index (χ0n) is 63.9. The first kappa shape index (κ1) is 102. The number of carbonyl (C=O) groups excluding carboxylic acids is 3. The van der Waals surface area contributed by atoms with Crippen molar-refractivity contribution in [3.8, 4) is 34.5 Å². The first-order chi connectivity index (χ1) is 52.0. The van der Waals surface area contributed by atoms with E-state index < -0.39 is 91.2 Å². The van der Waals surface area contributed by atoms with Gasteiger partial charge in [0.05, 0.1) is 168 Å². The van der Waals surface area contributed by atoms with Crippen molar-refractivity contribution in [1.82, 2.24) is 10.6 Å². The Bertz CT molecular complexity index is 3190. The maximum absolute atomic E-state index is 13.1. The molecule has 0 radical (unpaired) electrons. The van der Waals surface area contributed by atoms with Gasteiger partial charge in [-0.3, -0.25) is 37.1 Å². The summed E-state index contributed by atoms with van der Waals surface area (Å²) in [7, 11) is -21.2. The van der Waals surface area contributed by atoms with Crippen LogP contribution in [0.3, 0.4) is 0 Å². The molecule has 7 N–H and O–H groups in total. The van der Waals surface area contributed by atoms with Crippen molar-refractivity contribution in [2.45, 2.75) is 168 Å².